The number of fused-ring (bicyclic) bond motifs is 2. The molecule has 0 radical (unpaired) electrons. The Bertz CT molecular complexity index is 1650. The number of alkyl halides is 3. The Morgan fingerprint density at radius 1 is 1.09 bits per heavy atom. The minimum atomic E-state index is -4.67. The topological polar surface area (TPSA) is 117 Å². The minimum Gasteiger partial charge on any atom is -0.515 e. The molecular formula is C32H33F3N4O6. The first-order chi connectivity index (χ1) is 21.6. The molecule has 0 saturated carbocycles. The van der Waals surface area contributed by atoms with E-state index in [1.807, 2.05) is 0 Å². The molecule has 0 spiro atoms. The van der Waals surface area contributed by atoms with Crippen LogP contribution in [0, 0.1) is 11.8 Å². The molecule has 3 fully saturated rings. The number of benzene rings is 2. The highest BCUT2D eigenvalue weighted by molar-refractivity contribution is 6.23. The lowest BCUT2D eigenvalue weighted by molar-refractivity contribution is -0.140. The highest BCUT2D eigenvalue weighted by Gasteiger charge is 2.39. The number of nitrogens with one attached hydrogen (secondary N) is 1. The summed E-state index contributed by atoms with van der Waals surface area (Å²) in [7, 11) is 0. The molecular weight excluding hydrogens is 593 g/mol. The number of ketones is 1. The number of aromatic nitrogens is 1. The van der Waals surface area contributed by atoms with Gasteiger partial charge in [-0.25, -0.2) is 4.79 Å². The summed E-state index contributed by atoms with van der Waals surface area (Å²) in [4.78, 5) is 33.8. The van der Waals surface area contributed by atoms with Gasteiger partial charge in [0, 0.05) is 67.2 Å². The number of esters is 1. The molecule has 3 aromatic rings. The van der Waals surface area contributed by atoms with Gasteiger partial charge in [0.2, 0.25) is 0 Å². The summed E-state index contributed by atoms with van der Waals surface area (Å²) in [5.74, 6) is -1.17. The lowest BCUT2D eigenvalue weighted by Crippen LogP contribution is -2.22. The van der Waals surface area contributed by atoms with Crippen molar-refractivity contribution < 1.29 is 41.8 Å². The summed E-state index contributed by atoms with van der Waals surface area (Å²) in [5.41, 5.74) is -0.00990. The van der Waals surface area contributed by atoms with E-state index in [1.165, 1.54) is 19.1 Å². The number of aliphatic hydroxyl groups excluding tert-OH is 1. The highest BCUT2D eigenvalue weighted by atomic mass is 19.4. The Hall–Kier alpha value is -4.52. The number of aliphatic hydroxyl groups is 1. The molecule has 6 rings (SSSR count). The number of oxazole rings is 1. The van der Waals surface area contributed by atoms with Crippen molar-refractivity contribution in [3.63, 3.8) is 0 Å². The summed E-state index contributed by atoms with van der Waals surface area (Å²) in [6, 6.07) is 9.34. The van der Waals surface area contributed by atoms with Crippen molar-refractivity contribution in [2.75, 3.05) is 61.1 Å². The van der Waals surface area contributed by atoms with E-state index < -0.39 is 29.1 Å². The first-order valence-corrected chi connectivity index (χ1v) is 14.9. The van der Waals surface area contributed by atoms with E-state index in [0.717, 1.165) is 38.1 Å². The van der Waals surface area contributed by atoms with Crippen LogP contribution in [0.3, 0.4) is 0 Å². The number of hydrogen-bond acceptors (Lipinski definition) is 10. The number of hydrogen-bond donors (Lipinski definition) is 2. The molecule has 238 valence electrons. The molecule has 0 bridgehead atoms. The predicted octanol–water partition coefficient (Wildman–Crippen LogP) is 5.56. The lowest BCUT2D eigenvalue weighted by Gasteiger charge is -2.24. The Balaban J connectivity index is 1.35. The smallest absolute Gasteiger partial charge is 0.418 e. The van der Waals surface area contributed by atoms with Gasteiger partial charge in [0.25, 0.3) is 6.01 Å². The second-order valence-corrected chi connectivity index (χ2v) is 11.4. The van der Waals surface area contributed by atoms with Crippen LogP contribution in [0.4, 0.5) is 30.6 Å². The third kappa shape index (κ3) is 6.35. The summed E-state index contributed by atoms with van der Waals surface area (Å²) in [5, 5.41) is 12.6. The van der Waals surface area contributed by atoms with Crippen LogP contribution in [0.25, 0.3) is 16.8 Å². The molecule has 2 atom stereocenters. The maximum absolute atomic E-state index is 14.3. The molecule has 2 unspecified atom stereocenters. The van der Waals surface area contributed by atoms with E-state index >= 15 is 0 Å². The van der Waals surface area contributed by atoms with E-state index in [0.29, 0.717) is 67.2 Å². The van der Waals surface area contributed by atoms with Gasteiger partial charge in [0.05, 0.1) is 31.6 Å². The maximum atomic E-state index is 14.3. The summed E-state index contributed by atoms with van der Waals surface area (Å²) in [6.07, 6.45) is -1.79. The van der Waals surface area contributed by atoms with E-state index in [2.05, 4.69) is 15.2 Å². The number of anilines is 3. The van der Waals surface area contributed by atoms with Gasteiger partial charge in [0.1, 0.15) is 11.1 Å². The SMILES string of the molecule is CCOC(=O)C(=CO)C(=O)C=C(Nc1ccc2nc(N3CC4COCC4C3)oc2c1)c1ccc(N2CCCC2)c(C(F)(F)F)c1. The molecule has 10 nitrogen and oxygen atoms in total. The van der Waals surface area contributed by atoms with Gasteiger partial charge in [-0.2, -0.15) is 18.2 Å². The van der Waals surface area contributed by atoms with E-state index in [1.54, 1.807) is 23.1 Å². The zero-order valence-electron chi connectivity index (χ0n) is 24.6. The van der Waals surface area contributed by atoms with Crippen LogP contribution < -0.4 is 15.1 Å². The molecule has 1 aromatic heterocycles. The Labute approximate surface area is 257 Å². The number of halogens is 3. The highest BCUT2D eigenvalue weighted by Crippen LogP contribution is 2.40. The van der Waals surface area contributed by atoms with Crippen molar-refractivity contribution in [3.8, 4) is 0 Å². The molecule has 3 saturated heterocycles. The third-order valence-corrected chi connectivity index (χ3v) is 8.39. The number of rotatable bonds is 9. The molecule has 2 N–H and O–H groups in total. The van der Waals surface area contributed by atoms with Crippen molar-refractivity contribution in [1.82, 2.24) is 4.98 Å². The fourth-order valence-electron chi connectivity index (χ4n) is 6.11. The molecule has 3 aliphatic rings. The second kappa shape index (κ2) is 12.5. The largest absolute Gasteiger partial charge is 0.515 e. The average Bonchev–Trinajstić information content (AvgIpc) is 3.81. The minimum absolute atomic E-state index is 0.0337. The van der Waals surface area contributed by atoms with Crippen molar-refractivity contribution in [2.24, 2.45) is 11.8 Å². The van der Waals surface area contributed by atoms with Crippen LogP contribution >= 0.6 is 0 Å². The molecule has 2 aromatic carbocycles. The standard InChI is InChI=1S/C32H33F3N4O6/c1-2-44-30(42)23(16-40)28(41)13-26(19-5-8-27(38-9-3-4-10-38)24(11-19)32(33,34)35)36-22-6-7-25-29(12-22)45-31(37-25)39-14-20-17-43-18-21(20)15-39/h5-8,11-13,16,20-21,36,40H,2-4,9-10,14-15,17-18H2,1H3. The van der Waals surface area contributed by atoms with Gasteiger partial charge in [-0.05, 0) is 49.6 Å². The molecule has 0 aliphatic carbocycles. The van der Waals surface area contributed by atoms with Gasteiger partial charge >= 0.3 is 12.1 Å². The first kappa shape index (κ1) is 30.5. The van der Waals surface area contributed by atoms with E-state index in [9.17, 15) is 27.9 Å². The van der Waals surface area contributed by atoms with Crippen molar-refractivity contribution in [2.45, 2.75) is 25.9 Å². The van der Waals surface area contributed by atoms with Gasteiger partial charge < -0.3 is 34.1 Å². The van der Waals surface area contributed by atoms with Gasteiger partial charge in [0.15, 0.2) is 11.4 Å². The van der Waals surface area contributed by atoms with Crippen LogP contribution in [0.1, 0.15) is 30.9 Å². The Morgan fingerprint density at radius 2 is 1.82 bits per heavy atom. The van der Waals surface area contributed by atoms with E-state index in [-0.39, 0.29) is 23.6 Å². The molecule has 4 heterocycles. The van der Waals surface area contributed by atoms with Crippen molar-refractivity contribution in [3.05, 3.63) is 65.4 Å². The van der Waals surface area contributed by atoms with Crippen LogP contribution in [-0.4, -0.2) is 67.8 Å². The fraction of sp³-hybridized carbons (Fsp3) is 0.406. The van der Waals surface area contributed by atoms with E-state index in [4.69, 9.17) is 13.9 Å². The number of carbonyl (C=O) groups excluding carboxylic acids is 2. The fourth-order valence-corrected chi connectivity index (χ4v) is 6.11. The lowest BCUT2D eigenvalue weighted by atomic mass is 10.0. The van der Waals surface area contributed by atoms with Crippen molar-refractivity contribution in [1.29, 1.82) is 0 Å². The summed E-state index contributed by atoms with van der Waals surface area (Å²) in [6.45, 7) is 5.48. The monoisotopic (exact) mass is 626 g/mol. The first-order valence-electron chi connectivity index (χ1n) is 14.9. The Kier molecular flexibility index (Phi) is 8.45. The molecule has 45 heavy (non-hydrogen) atoms. The average molecular weight is 627 g/mol. The van der Waals surface area contributed by atoms with Crippen LogP contribution in [-0.2, 0) is 25.2 Å². The quantitative estimate of drug-likeness (QED) is 0.103. The number of allylic oxidation sites excluding steroid dienone is 1. The molecule has 3 aliphatic heterocycles. The van der Waals surface area contributed by atoms with Crippen LogP contribution in [0.2, 0.25) is 0 Å². The second-order valence-electron chi connectivity index (χ2n) is 11.4. The van der Waals surface area contributed by atoms with Crippen LogP contribution in [0.15, 0.2) is 58.7 Å². The normalized spacial score (nSPS) is 20.6. The zero-order chi connectivity index (χ0) is 31.7. The summed E-state index contributed by atoms with van der Waals surface area (Å²) >= 11 is 0. The number of carbonyl (C=O) groups is 2. The summed E-state index contributed by atoms with van der Waals surface area (Å²) < 4.78 is 59.4. The third-order valence-electron chi connectivity index (χ3n) is 8.39. The van der Waals surface area contributed by atoms with Crippen molar-refractivity contribution >= 4 is 45.9 Å². The number of nitrogens with zero attached hydrogens (tertiary/aromatic N) is 3. The Morgan fingerprint density at radius 3 is 2.49 bits per heavy atom. The van der Waals surface area contributed by atoms with Gasteiger partial charge in [-0.15, -0.1) is 0 Å². The predicted molar refractivity (Wildman–Crippen MR) is 161 cm³/mol. The van der Waals surface area contributed by atoms with Crippen LogP contribution in [0.5, 0.6) is 0 Å². The molecule has 13 heteroatoms. The van der Waals surface area contributed by atoms with Gasteiger partial charge in [-0.3, -0.25) is 4.79 Å². The molecule has 0 amide bonds. The maximum Gasteiger partial charge on any atom is 0.418 e. The van der Waals surface area contributed by atoms with Gasteiger partial charge in [-0.1, -0.05) is 6.07 Å². The number of ether oxygens (including phenoxy) is 2. The zero-order valence-corrected chi connectivity index (χ0v) is 24.6.